The van der Waals surface area contributed by atoms with Gasteiger partial charge in [-0.05, 0) is 68.7 Å². The van der Waals surface area contributed by atoms with E-state index >= 15 is 0 Å². The van der Waals surface area contributed by atoms with Crippen LogP contribution in [0.15, 0.2) is 24.3 Å². The Balaban J connectivity index is 1.93. The van der Waals surface area contributed by atoms with Crippen molar-refractivity contribution in [2.24, 2.45) is 17.6 Å². The third-order valence-corrected chi connectivity index (χ3v) is 4.14. The van der Waals surface area contributed by atoms with Gasteiger partial charge >= 0.3 is 0 Å². The van der Waals surface area contributed by atoms with Crippen LogP contribution in [0.3, 0.4) is 0 Å². The molecule has 18 heavy (non-hydrogen) atoms. The maximum atomic E-state index is 6.12. The highest BCUT2D eigenvalue weighted by Gasteiger charge is 2.26. The standard InChI is InChI=1S/C16H25NO/c1-12-5-3-7-15(9-12)18-16-8-4-6-14(10-16)13(2)11-17/h3,5,7,9,13-14,16H,4,6,8,10-11,17H2,1-2H3/t13?,14?,16-/m1/s1. The summed E-state index contributed by atoms with van der Waals surface area (Å²) in [5, 5.41) is 0. The Morgan fingerprint density at radius 3 is 2.94 bits per heavy atom. The largest absolute Gasteiger partial charge is 0.490 e. The van der Waals surface area contributed by atoms with Crippen molar-refractivity contribution in [3.63, 3.8) is 0 Å². The summed E-state index contributed by atoms with van der Waals surface area (Å²) in [6, 6.07) is 8.35. The van der Waals surface area contributed by atoms with Crippen molar-refractivity contribution in [3.05, 3.63) is 29.8 Å². The summed E-state index contributed by atoms with van der Waals surface area (Å²) < 4.78 is 6.12. The second-order valence-electron chi connectivity index (χ2n) is 5.70. The van der Waals surface area contributed by atoms with Gasteiger partial charge in [0.15, 0.2) is 0 Å². The fourth-order valence-electron chi connectivity index (χ4n) is 2.88. The number of rotatable bonds is 4. The van der Waals surface area contributed by atoms with Crippen LogP contribution in [0, 0.1) is 18.8 Å². The van der Waals surface area contributed by atoms with Crippen molar-refractivity contribution in [3.8, 4) is 5.75 Å². The van der Waals surface area contributed by atoms with Gasteiger partial charge in [0.2, 0.25) is 0 Å². The molecular weight excluding hydrogens is 222 g/mol. The van der Waals surface area contributed by atoms with Crippen LogP contribution >= 0.6 is 0 Å². The normalized spacial score (nSPS) is 25.7. The summed E-state index contributed by atoms with van der Waals surface area (Å²) in [5.74, 6) is 2.37. The Morgan fingerprint density at radius 2 is 2.22 bits per heavy atom. The molecule has 3 atom stereocenters. The highest BCUT2D eigenvalue weighted by atomic mass is 16.5. The molecule has 0 amide bonds. The van der Waals surface area contributed by atoms with Gasteiger partial charge in [-0.2, -0.15) is 0 Å². The minimum atomic E-state index is 0.375. The van der Waals surface area contributed by atoms with E-state index in [4.69, 9.17) is 10.5 Å². The van der Waals surface area contributed by atoms with E-state index in [-0.39, 0.29) is 0 Å². The van der Waals surface area contributed by atoms with Gasteiger partial charge in [0.05, 0.1) is 6.10 Å². The van der Waals surface area contributed by atoms with E-state index in [1.807, 2.05) is 0 Å². The molecule has 0 spiro atoms. The third kappa shape index (κ3) is 3.49. The molecule has 0 saturated heterocycles. The Morgan fingerprint density at radius 1 is 1.39 bits per heavy atom. The van der Waals surface area contributed by atoms with Crippen LogP contribution in [-0.2, 0) is 0 Å². The zero-order chi connectivity index (χ0) is 13.0. The average Bonchev–Trinajstić information content (AvgIpc) is 2.38. The molecule has 2 unspecified atom stereocenters. The van der Waals surface area contributed by atoms with Gasteiger partial charge in [-0.25, -0.2) is 0 Å². The molecule has 0 aliphatic heterocycles. The van der Waals surface area contributed by atoms with E-state index in [2.05, 4.69) is 38.1 Å². The molecule has 0 radical (unpaired) electrons. The van der Waals surface area contributed by atoms with E-state index in [0.29, 0.717) is 12.0 Å². The Kier molecular flexibility index (Phi) is 4.65. The van der Waals surface area contributed by atoms with Crippen molar-refractivity contribution in [2.75, 3.05) is 6.54 Å². The molecule has 2 nitrogen and oxygen atoms in total. The minimum Gasteiger partial charge on any atom is -0.490 e. The second-order valence-corrected chi connectivity index (χ2v) is 5.70. The quantitative estimate of drug-likeness (QED) is 0.883. The molecule has 1 aromatic rings. The predicted molar refractivity (Wildman–Crippen MR) is 75.8 cm³/mol. The van der Waals surface area contributed by atoms with Crippen molar-refractivity contribution in [2.45, 2.75) is 45.6 Å². The van der Waals surface area contributed by atoms with Crippen LogP contribution < -0.4 is 10.5 Å². The maximum absolute atomic E-state index is 6.12. The number of benzene rings is 1. The monoisotopic (exact) mass is 247 g/mol. The molecule has 1 aliphatic rings. The van der Waals surface area contributed by atoms with E-state index in [1.165, 1.54) is 24.8 Å². The van der Waals surface area contributed by atoms with Crippen molar-refractivity contribution < 1.29 is 4.74 Å². The van der Waals surface area contributed by atoms with Crippen LogP contribution in [0.2, 0.25) is 0 Å². The summed E-state index contributed by atoms with van der Waals surface area (Å²) in [4.78, 5) is 0. The Bertz CT molecular complexity index is 377. The lowest BCUT2D eigenvalue weighted by Crippen LogP contribution is -2.31. The molecule has 2 heteroatoms. The summed E-state index contributed by atoms with van der Waals surface area (Å²) in [7, 11) is 0. The van der Waals surface area contributed by atoms with Gasteiger partial charge in [0.1, 0.15) is 5.75 Å². The van der Waals surface area contributed by atoms with Gasteiger partial charge in [-0.3, -0.25) is 0 Å². The number of hydrogen-bond donors (Lipinski definition) is 1. The van der Waals surface area contributed by atoms with E-state index in [9.17, 15) is 0 Å². The fraction of sp³-hybridized carbons (Fsp3) is 0.625. The van der Waals surface area contributed by atoms with E-state index in [1.54, 1.807) is 0 Å². The first-order chi connectivity index (χ1) is 8.69. The molecule has 1 aliphatic carbocycles. The summed E-state index contributed by atoms with van der Waals surface area (Å²) in [6.45, 7) is 5.16. The summed E-state index contributed by atoms with van der Waals surface area (Å²) in [6.07, 6.45) is 5.30. The fourth-order valence-corrected chi connectivity index (χ4v) is 2.88. The molecule has 2 rings (SSSR count). The van der Waals surface area contributed by atoms with Crippen LogP contribution in [0.25, 0.3) is 0 Å². The highest BCUT2D eigenvalue weighted by Crippen LogP contribution is 2.32. The SMILES string of the molecule is Cc1cccc(O[C@@H]2CCCC(C(C)CN)C2)c1. The lowest BCUT2D eigenvalue weighted by atomic mass is 9.79. The zero-order valence-corrected chi connectivity index (χ0v) is 11.6. The molecule has 1 saturated carbocycles. The first-order valence-corrected chi connectivity index (χ1v) is 7.12. The number of aryl methyl sites for hydroxylation is 1. The topological polar surface area (TPSA) is 35.2 Å². The minimum absolute atomic E-state index is 0.375. The zero-order valence-electron chi connectivity index (χ0n) is 11.6. The van der Waals surface area contributed by atoms with E-state index < -0.39 is 0 Å². The van der Waals surface area contributed by atoms with Crippen molar-refractivity contribution in [1.82, 2.24) is 0 Å². The molecular formula is C16H25NO. The smallest absolute Gasteiger partial charge is 0.119 e. The number of ether oxygens (including phenoxy) is 1. The van der Waals surface area contributed by atoms with Gasteiger partial charge in [-0.1, -0.05) is 19.1 Å². The number of hydrogen-bond acceptors (Lipinski definition) is 2. The molecule has 1 fully saturated rings. The Hall–Kier alpha value is -1.02. The first kappa shape index (κ1) is 13.4. The van der Waals surface area contributed by atoms with Crippen LogP contribution in [0.1, 0.15) is 38.2 Å². The lowest BCUT2D eigenvalue weighted by Gasteiger charge is -2.32. The molecule has 2 N–H and O–H groups in total. The highest BCUT2D eigenvalue weighted by molar-refractivity contribution is 5.27. The second kappa shape index (κ2) is 6.24. The molecule has 1 aromatic carbocycles. The Labute approximate surface area is 111 Å². The van der Waals surface area contributed by atoms with Gasteiger partial charge < -0.3 is 10.5 Å². The summed E-state index contributed by atoms with van der Waals surface area (Å²) >= 11 is 0. The van der Waals surface area contributed by atoms with Crippen molar-refractivity contribution in [1.29, 1.82) is 0 Å². The predicted octanol–water partition coefficient (Wildman–Crippen LogP) is 3.53. The van der Waals surface area contributed by atoms with Crippen LogP contribution in [0.5, 0.6) is 5.75 Å². The van der Waals surface area contributed by atoms with Gasteiger partial charge in [0, 0.05) is 0 Å². The van der Waals surface area contributed by atoms with Crippen LogP contribution in [-0.4, -0.2) is 12.6 Å². The molecule has 0 heterocycles. The molecule has 100 valence electrons. The van der Waals surface area contributed by atoms with Gasteiger partial charge in [0.25, 0.3) is 0 Å². The molecule has 0 aromatic heterocycles. The third-order valence-electron chi connectivity index (χ3n) is 4.14. The lowest BCUT2D eigenvalue weighted by molar-refractivity contribution is 0.104. The first-order valence-electron chi connectivity index (χ1n) is 7.12. The van der Waals surface area contributed by atoms with E-state index in [0.717, 1.165) is 24.6 Å². The van der Waals surface area contributed by atoms with Gasteiger partial charge in [-0.15, -0.1) is 0 Å². The average molecular weight is 247 g/mol. The maximum Gasteiger partial charge on any atom is 0.119 e. The summed E-state index contributed by atoms with van der Waals surface area (Å²) in [5.41, 5.74) is 7.04. The van der Waals surface area contributed by atoms with Crippen molar-refractivity contribution >= 4 is 0 Å². The number of nitrogens with two attached hydrogens (primary N) is 1. The molecule has 0 bridgehead atoms. The van der Waals surface area contributed by atoms with Crippen LogP contribution in [0.4, 0.5) is 0 Å².